The fourth-order valence-corrected chi connectivity index (χ4v) is 8.48. The SMILES string of the molecule is CC(C)[n+]1cn(-c2cccc(C(c3ccccc3)(c3ccccc3)c3ccc4c5ccccc5n(-c5cc(C(C)(C)C)ccn5)c4c3)c2)c2ccccc21. The summed E-state index contributed by atoms with van der Waals surface area (Å²) in [5.41, 5.74) is 11.2. The fraction of sp³-hybridized carbons (Fsp3) is 0.160. The zero-order valence-corrected chi connectivity index (χ0v) is 31.6. The molecule has 3 aromatic heterocycles. The van der Waals surface area contributed by atoms with Gasteiger partial charge in [0, 0.05) is 17.0 Å². The molecule has 0 saturated heterocycles. The zero-order valence-electron chi connectivity index (χ0n) is 31.6. The van der Waals surface area contributed by atoms with Crippen molar-refractivity contribution in [2.24, 2.45) is 0 Å². The van der Waals surface area contributed by atoms with Crippen molar-refractivity contribution in [1.29, 1.82) is 0 Å². The Morgan fingerprint density at radius 1 is 0.519 bits per heavy atom. The number of hydrogen-bond acceptors (Lipinski definition) is 1. The van der Waals surface area contributed by atoms with Crippen molar-refractivity contribution >= 4 is 32.8 Å². The smallest absolute Gasteiger partial charge is 0.250 e. The molecule has 0 N–H and O–H groups in total. The van der Waals surface area contributed by atoms with Gasteiger partial charge in [0.15, 0.2) is 11.0 Å². The van der Waals surface area contributed by atoms with Crippen molar-refractivity contribution in [3.63, 3.8) is 0 Å². The molecule has 0 fully saturated rings. The summed E-state index contributed by atoms with van der Waals surface area (Å²) in [4.78, 5) is 5.00. The molecule has 9 aromatic rings. The summed E-state index contributed by atoms with van der Waals surface area (Å²) in [6, 6.07) is 60.4. The van der Waals surface area contributed by atoms with Crippen molar-refractivity contribution < 1.29 is 4.57 Å². The Kier molecular flexibility index (Phi) is 8.08. The first kappa shape index (κ1) is 33.6. The van der Waals surface area contributed by atoms with Crippen molar-refractivity contribution in [1.82, 2.24) is 14.1 Å². The number of fused-ring (bicyclic) bond motifs is 4. The molecule has 0 unspecified atom stereocenters. The maximum absolute atomic E-state index is 5.00. The summed E-state index contributed by atoms with van der Waals surface area (Å²) in [6.07, 6.45) is 4.21. The van der Waals surface area contributed by atoms with Gasteiger partial charge in [-0.25, -0.2) is 9.55 Å². The predicted molar refractivity (Wildman–Crippen MR) is 223 cm³/mol. The number of pyridine rings is 1. The number of imidazole rings is 1. The van der Waals surface area contributed by atoms with Gasteiger partial charge in [0.05, 0.1) is 22.5 Å². The van der Waals surface area contributed by atoms with Crippen LogP contribution in [0.4, 0.5) is 0 Å². The van der Waals surface area contributed by atoms with Crippen molar-refractivity contribution in [3.05, 3.63) is 204 Å². The standard InChI is InChI=1S/C50H45N4/c1-35(2)52-34-53(46-26-15-14-25-45(46)52)41-22-16-21-39(31-41)50(36-17-8-6-9-18-36,37-19-10-7-11-20-37)40-27-28-43-42-23-12-13-24-44(42)54(47(43)32-40)48-33-38(29-30-51-48)49(3,4)5/h6-35H,1-5H3/q+1. The third-order valence-electron chi connectivity index (χ3n) is 11.1. The molecule has 6 aromatic carbocycles. The molecule has 0 atom stereocenters. The Balaban J connectivity index is 1.37. The van der Waals surface area contributed by atoms with Gasteiger partial charge in [0.25, 0.3) is 0 Å². The second-order valence-corrected chi connectivity index (χ2v) is 15.7. The summed E-state index contributed by atoms with van der Waals surface area (Å²) in [5, 5.41) is 2.42. The molecule has 0 aliphatic rings. The van der Waals surface area contributed by atoms with E-state index in [1.807, 2.05) is 6.20 Å². The monoisotopic (exact) mass is 701 g/mol. The van der Waals surface area contributed by atoms with Gasteiger partial charge in [-0.05, 0) is 95.6 Å². The Hall–Kier alpha value is -6.26. The lowest BCUT2D eigenvalue weighted by Gasteiger charge is -2.37. The molecule has 0 amide bonds. The summed E-state index contributed by atoms with van der Waals surface area (Å²) >= 11 is 0. The fourth-order valence-electron chi connectivity index (χ4n) is 8.48. The van der Waals surface area contributed by atoms with E-state index in [0.29, 0.717) is 6.04 Å². The number of aromatic nitrogens is 4. The lowest BCUT2D eigenvalue weighted by Crippen LogP contribution is -2.34. The Morgan fingerprint density at radius 3 is 1.83 bits per heavy atom. The van der Waals surface area contributed by atoms with Crippen LogP contribution in [0.2, 0.25) is 0 Å². The quantitative estimate of drug-likeness (QED) is 0.120. The molecule has 0 aliphatic heterocycles. The first-order valence-electron chi connectivity index (χ1n) is 19.0. The van der Waals surface area contributed by atoms with E-state index in [1.54, 1.807) is 0 Å². The van der Waals surface area contributed by atoms with Gasteiger partial charge < -0.3 is 0 Å². The van der Waals surface area contributed by atoms with Gasteiger partial charge in [-0.2, -0.15) is 4.57 Å². The highest BCUT2D eigenvalue weighted by Crippen LogP contribution is 2.47. The average molecular weight is 702 g/mol. The minimum atomic E-state index is -0.647. The number of nitrogens with zero attached hydrogens (tertiary/aromatic N) is 4. The van der Waals surface area contributed by atoms with E-state index in [2.05, 4.69) is 218 Å². The van der Waals surface area contributed by atoms with Crippen LogP contribution in [0, 0.1) is 0 Å². The second kappa shape index (κ2) is 13.0. The molecule has 0 bridgehead atoms. The molecule has 54 heavy (non-hydrogen) atoms. The highest BCUT2D eigenvalue weighted by atomic mass is 15.1. The molecule has 0 spiro atoms. The number of rotatable bonds is 7. The minimum absolute atomic E-state index is 0.0120. The highest BCUT2D eigenvalue weighted by molar-refractivity contribution is 6.09. The van der Waals surface area contributed by atoms with Crippen LogP contribution in [-0.2, 0) is 10.8 Å². The van der Waals surface area contributed by atoms with Crippen molar-refractivity contribution in [3.8, 4) is 11.5 Å². The third-order valence-corrected chi connectivity index (χ3v) is 11.1. The average Bonchev–Trinajstić information content (AvgIpc) is 3.76. The molecular weight excluding hydrogens is 657 g/mol. The van der Waals surface area contributed by atoms with Crippen molar-refractivity contribution in [2.75, 3.05) is 0 Å². The van der Waals surface area contributed by atoms with E-state index in [0.717, 1.165) is 22.5 Å². The zero-order chi connectivity index (χ0) is 37.0. The van der Waals surface area contributed by atoms with Gasteiger partial charge in [-0.3, -0.25) is 4.57 Å². The van der Waals surface area contributed by atoms with Gasteiger partial charge in [-0.15, -0.1) is 0 Å². The molecule has 0 saturated carbocycles. The molecule has 264 valence electrons. The minimum Gasteiger partial charge on any atom is -0.294 e. The topological polar surface area (TPSA) is 26.6 Å². The van der Waals surface area contributed by atoms with E-state index < -0.39 is 5.41 Å². The Labute approximate surface area is 317 Å². The van der Waals surface area contributed by atoms with Crippen LogP contribution >= 0.6 is 0 Å². The summed E-state index contributed by atoms with van der Waals surface area (Å²) in [6.45, 7) is 11.3. The largest absolute Gasteiger partial charge is 0.294 e. The number of para-hydroxylation sites is 3. The van der Waals surface area contributed by atoms with Crippen LogP contribution in [0.15, 0.2) is 176 Å². The van der Waals surface area contributed by atoms with Crippen LogP contribution in [0.3, 0.4) is 0 Å². The first-order chi connectivity index (χ1) is 26.2. The lowest BCUT2D eigenvalue weighted by molar-refractivity contribution is -0.691. The van der Waals surface area contributed by atoms with Gasteiger partial charge in [0.2, 0.25) is 6.33 Å². The summed E-state index contributed by atoms with van der Waals surface area (Å²) in [7, 11) is 0. The van der Waals surface area contributed by atoms with Gasteiger partial charge in [-0.1, -0.05) is 136 Å². The maximum atomic E-state index is 5.00. The number of benzene rings is 6. The van der Waals surface area contributed by atoms with E-state index in [9.17, 15) is 0 Å². The van der Waals surface area contributed by atoms with Crippen molar-refractivity contribution in [2.45, 2.75) is 51.5 Å². The first-order valence-corrected chi connectivity index (χ1v) is 19.0. The molecule has 4 nitrogen and oxygen atoms in total. The van der Waals surface area contributed by atoms with E-state index in [-0.39, 0.29) is 5.41 Å². The molecule has 0 aliphatic carbocycles. The molecule has 3 heterocycles. The number of hydrogen-bond donors (Lipinski definition) is 0. The van der Waals surface area contributed by atoms with Crippen LogP contribution < -0.4 is 4.57 Å². The van der Waals surface area contributed by atoms with Crippen LogP contribution in [0.1, 0.15) is 68.5 Å². The van der Waals surface area contributed by atoms with Crippen LogP contribution in [-0.4, -0.2) is 14.1 Å². The molecule has 0 radical (unpaired) electrons. The molecule has 4 heteroatoms. The third kappa shape index (κ3) is 5.36. The molecular formula is C50H45N4+. The van der Waals surface area contributed by atoms with E-state index in [1.165, 1.54) is 49.6 Å². The highest BCUT2D eigenvalue weighted by Gasteiger charge is 2.39. The van der Waals surface area contributed by atoms with E-state index in [4.69, 9.17) is 4.98 Å². The Morgan fingerprint density at radius 2 is 1.13 bits per heavy atom. The maximum Gasteiger partial charge on any atom is 0.250 e. The summed E-state index contributed by atoms with van der Waals surface area (Å²) < 4.78 is 7.06. The predicted octanol–water partition coefficient (Wildman–Crippen LogP) is 11.7. The van der Waals surface area contributed by atoms with Gasteiger partial charge >= 0.3 is 0 Å². The molecule has 9 rings (SSSR count). The second-order valence-electron chi connectivity index (χ2n) is 15.7. The van der Waals surface area contributed by atoms with Gasteiger partial charge in [0.1, 0.15) is 11.5 Å². The normalized spacial score (nSPS) is 12.3. The summed E-state index contributed by atoms with van der Waals surface area (Å²) in [5.74, 6) is 0.927. The van der Waals surface area contributed by atoms with Crippen LogP contribution in [0.25, 0.3) is 44.3 Å². The van der Waals surface area contributed by atoms with Crippen LogP contribution in [0.5, 0.6) is 0 Å². The van der Waals surface area contributed by atoms with E-state index >= 15 is 0 Å². The lowest BCUT2D eigenvalue weighted by atomic mass is 9.65. The Bertz CT molecular complexity index is 2740.